The molecule has 0 saturated carbocycles. The maximum Gasteiger partial charge on any atom is 0.226 e. The summed E-state index contributed by atoms with van der Waals surface area (Å²) in [5.41, 5.74) is 1.71. The monoisotopic (exact) mass is 285 g/mol. The van der Waals surface area contributed by atoms with Gasteiger partial charge >= 0.3 is 0 Å². The Balaban J connectivity index is 1.84. The number of benzene rings is 1. The van der Waals surface area contributed by atoms with Gasteiger partial charge in [0.15, 0.2) is 0 Å². The summed E-state index contributed by atoms with van der Waals surface area (Å²) in [6.07, 6.45) is 3.51. The van der Waals surface area contributed by atoms with Crippen molar-refractivity contribution in [3.8, 4) is 0 Å². The van der Waals surface area contributed by atoms with E-state index < -0.39 is 0 Å². The van der Waals surface area contributed by atoms with Gasteiger partial charge in [-0.2, -0.15) is 0 Å². The second-order valence-corrected chi connectivity index (χ2v) is 5.73. The first-order valence-electron chi connectivity index (χ1n) is 7.37. The SMILES string of the molecule is O=C1C[C@@H](c2cccc(F)c2)c2nc3n(c2N1)CCCC3. The Labute approximate surface area is 122 Å². The first-order chi connectivity index (χ1) is 10.2. The number of rotatable bonds is 1. The van der Waals surface area contributed by atoms with Crippen LogP contribution in [0.4, 0.5) is 10.2 Å². The fraction of sp³-hybridized carbons (Fsp3) is 0.375. The number of anilines is 1. The number of aryl methyl sites for hydroxylation is 1. The lowest BCUT2D eigenvalue weighted by Crippen LogP contribution is -2.25. The van der Waals surface area contributed by atoms with E-state index in [0.717, 1.165) is 48.7 Å². The smallest absolute Gasteiger partial charge is 0.226 e. The van der Waals surface area contributed by atoms with Crippen molar-refractivity contribution in [2.75, 3.05) is 5.32 Å². The number of halogens is 1. The summed E-state index contributed by atoms with van der Waals surface area (Å²) in [7, 11) is 0. The largest absolute Gasteiger partial charge is 0.314 e. The summed E-state index contributed by atoms with van der Waals surface area (Å²) in [6.45, 7) is 0.897. The molecule has 5 heteroatoms. The van der Waals surface area contributed by atoms with Gasteiger partial charge in [0.25, 0.3) is 0 Å². The van der Waals surface area contributed by atoms with Gasteiger partial charge in [0.05, 0.1) is 5.69 Å². The van der Waals surface area contributed by atoms with Gasteiger partial charge in [-0.15, -0.1) is 0 Å². The van der Waals surface area contributed by atoms with Crippen molar-refractivity contribution in [3.05, 3.63) is 47.2 Å². The third-order valence-corrected chi connectivity index (χ3v) is 4.33. The molecule has 2 aromatic rings. The number of hydrogen-bond donors (Lipinski definition) is 1. The van der Waals surface area contributed by atoms with Gasteiger partial charge in [0.2, 0.25) is 5.91 Å². The van der Waals surface area contributed by atoms with Gasteiger partial charge in [-0.3, -0.25) is 4.79 Å². The first kappa shape index (κ1) is 12.6. The molecule has 1 amide bonds. The van der Waals surface area contributed by atoms with Crippen LogP contribution >= 0.6 is 0 Å². The molecule has 0 fully saturated rings. The number of nitrogens with zero attached hydrogens (tertiary/aromatic N) is 2. The first-order valence-corrected chi connectivity index (χ1v) is 7.37. The standard InChI is InChI=1S/C16H16FN3O/c17-11-5-3-4-10(8-11)12-9-14(21)19-16-15(12)18-13-6-1-2-7-20(13)16/h3-5,8,12H,1-2,6-7,9H2,(H,19,21)/t12-/m0/s1. The lowest BCUT2D eigenvalue weighted by molar-refractivity contribution is -0.116. The Hall–Kier alpha value is -2.17. The quantitative estimate of drug-likeness (QED) is 0.875. The second kappa shape index (κ2) is 4.69. The predicted molar refractivity (Wildman–Crippen MR) is 76.7 cm³/mol. The molecule has 1 atom stereocenters. The maximum absolute atomic E-state index is 13.5. The molecule has 1 aromatic heterocycles. The van der Waals surface area contributed by atoms with Crippen LogP contribution in [0, 0.1) is 5.82 Å². The summed E-state index contributed by atoms with van der Waals surface area (Å²) in [5, 5.41) is 2.95. The van der Waals surface area contributed by atoms with Crippen molar-refractivity contribution >= 4 is 11.7 Å². The fourth-order valence-corrected chi connectivity index (χ4v) is 3.34. The molecule has 0 aliphatic carbocycles. The molecular weight excluding hydrogens is 269 g/mol. The molecule has 1 aromatic carbocycles. The number of fused-ring (bicyclic) bond motifs is 3. The highest BCUT2D eigenvalue weighted by Gasteiger charge is 2.33. The fourth-order valence-electron chi connectivity index (χ4n) is 3.34. The highest BCUT2D eigenvalue weighted by Crippen LogP contribution is 2.38. The van der Waals surface area contributed by atoms with E-state index in [9.17, 15) is 9.18 Å². The molecule has 1 N–H and O–H groups in total. The molecule has 4 rings (SSSR count). The van der Waals surface area contributed by atoms with Crippen LogP contribution in [0.15, 0.2) is 24.3 Å². The van der Waals surface area contributed by atoms with Gasteiger partial charge in [0, 0.05) is 25.3 Å². The highest BCUT2D eigenvalue weighted by molar-refractivity contribution is 5.94. The Bertz CT molecular complexity index is 722. The molecule has 2 aliphatic rings. The minimum absolute atomic E-state index is 0.0231. The van der Waals surface area contributed by atoms with Crippen LogP contribution in [0.25, 0.3) is 0 Å². The Morgan fingerprint density at radius 1 is 1.33 bits per heavy atom. The molecule has 0 saturated heterocycles. The normalized spacial score (nSPS) is 20.6. The number of hydrogen-bond acceptors (Lipinski definition) is 2. The van der Waals surface area contributed by atoms with Crippen molar-refractivity contribution in [1.82, 2.24) is 9.55 Å². The van der Waals surface area contributed by atoms with E-state index in [-0.39, 0.29) is 17.6 Å². The molecule has 2 aliphatic heterocycles. The predicted octanol–water partition coefficient (Wildman–Crippen LogP) is 2.83. The summed E-state index contributed by atoms with van der Waals surface area (Å²) >= 11 is 0. The minimum Gasteiger partial charge on any atom is -0.314 e. The number of nitrogens with one attached hydrogen (secondary N) is 1. The van der Waals surface area contributed by atoms with E-state index in [4.69, 9.17) is 4.98 Å². The highest BCUT2D eigenvalue weighted by atomic mass is 19.1. The number of carbonyl (C=O) groups is 1. The molecule has 4 nitrogen and oxygen atoms in total. The van der Waals surface area contributed by atoms with Crippen LogP contribution in [0.2, 0.25) is 0 Å². The van der Waals surface area contributed by atoms with Gasteiger partial charge in [-0.05, 0) is 30.5 Å². The summed E-state index contributed by atoms with van der Waals surface area (Å²) in [5.74, 6) is 1.40. The van der Waals surface area contributed by atoms with E-state index >= 15 is 0 Å². The lowest BCUT2D eigenvalue weighted by atomic mass is 9.90. The average Bonchev–Trinajstić information content (AvgIpc) is 2.85. The zero-order valence-electron chi connectivity index (χ0n) is 11.6. The third kappa shape index (κ3) is 2.04. The van der Waals surface area contributed by atoms with Crippen LogP contribution in [0.1, 0.15) is 42.3 Å². The van der Waals surface area contributed by atoms with E-state index in [1.807, 2.05) is 6.07 Å². The van der Waals surface area contributed by atoms with E-state index in [2.05, 4.69) is 9.88 Å². The van der Waals surface area contributed by atoms with E-state index in [1.165, 1.54) is 12.1 Å². The third-order valence-electron chi connectivity index (χ3n) is 4.33. The number of imidazole rings is 1. The zero-order chi connectivity index (χ0) is 14.4. The Morgan fingerprint density at radius 2 is 2.24 bits per heavy atom. The molecule has 0 bridgehead atoms. The van der Waals surface area contributed by atoms with E-state index in [0.29, 0.717) is 6.42 Å². The summed E-state index contributed by atoms with van der Waals surface area (Å²) in [4.78, 5) is 16.8. The number of aromatic nitrogens is 2. The molecule has 3 heterocycles. The molecule has 108 valence electrons. The van der Waals surface area contributed by atoms with Crippen LogP contribution in [0.3, 0.4) is 0 Å². The maximum atomic E-state index is 13.5. The van der Waals surface area contributed by atoms with Gasteiger partial charge in [0.1, 0.15) is 17.5 Å². The van der Waals surface area contributed by atoms with E-state index in [1.54, 1.807) is 6.07 Å². The van der Waals surface area contributed by atoms with Crippen LogP contribution in [0.5, 0.6) is 0 Å². The average molecular weight is 285 g/mol. The molecule has 0 unspecified atom stereocenters. The van der Waals surface area contributed by atoms with Crippen LogP contribution in [-0.4, -0.2) is 15.5 Å². The van der Waals surface area contributed by atoms with Crippen molar-refractivity contribution in [2.45, 2.75) is 38.1 Å². The van der Waals surface area contributed by atoms with Crippen molar-refractivity contribution in [2.24, 2.45) is 0 Å². The zero-order valence-corrected chi connectivity index (χ0v) is 11.6. The van der Waals surface area contributed by atoms with Crippen LogP contribution < -0.4 is 5.32 Å². The van der Waals surface area contributed by atoms with Crippen molar-refractivity contribution < 1.29 is 9.18 Å². The lowest BCUT2D eigenvalue weighted by Gasteiger charge is -2.24. The topological polar surface area (TPSA) is 46.9 Å². The summed E-state index contributed by atoms with van der Waals surface area (Å²) < 4.78 is 15.6. The van der Waals surface area contributed by atoms with Gasteiger partial charge in [-0.25, -0.2) is 9.37 Å². The van der Waals surface area contributed by atoms with Gasteiger partial charge in [-0.1, -0.05) is 12.1 Å². The summed E-state index contributed by atoms with van der Waals surface area (Å²) in [6, 6.07) is 6.48. The Morgan fingerprint density at radius 3 is 3.10 bits per heavy atom. The van der Waals surface area contributed by atoms with Crippen molar-refractivity contribution in [1.29, 1.82) is 0 Å². The number of carbonyl (C=O) groups excluding carboxylic acids is 1. The molecular formula is C16H16FN3O. The Kier molecular flexibility index (Phi) is 2.80. The number of amides is 1. The van der Waals surface area contributed by atoms with Crippen molar-refractivity contribution in [3.63, 3.8) is 0 Å². The molecule has 21 heavy (non-hydrogen) atoms. The molecule has 0 radical (unpaired) electrons. The van der Waals surface area contributed by atoms with Crippen LogP contribution in [-0.2, 0) is 17.8 Å². The molecule has 0 spiro atoms. The second-order valence-electron chi connectivity index (χ2n) is 5.73. The van der Waals surface area contributed by atoms with Gasteiger partial charge < -0.3 is 9.88 Å². The minimum atomic E-state index is -0.274.